The number of rotatable bonds is 1. The summed E-state index contributed by atoms with van der Waals surface area (Å²) in [6, 6.07) is -0.326. The van der Waals surface area contributed by atoms with Crippen molar-refractivity contribution in [1.29, 1.82) is 0 Å². The highest BCUT2D eigenvalue weighted by atomic mass is 16.5. The van der Waals surface area contributed by atoms with Gasteiger partial charge in [-0.05, 0) is 6.42 Å². The lowest BCUT2D eigenvalue weighted by Gasteiger charge is -2.05. The fraction of sp³-hybridized carbons (Fsp3) is 0.800. The fourth-order valence-corrected chi connectivity index (χ4v) is 0.850. The molecular weight excluding hydrogens is 120 g/mol. The Morgan fingerprint density at radius 1 is 1.78 bits per heavy atom. The van der Waals surface area contributed by atoms with Gasteiger partial charge in [0, 0.05) is 6.61 Å². The fourth-order valence-electron chi connectivity index (χ4n) is 0.850. The van der Waals surface area contributed by atoms with Gasteiger partial charge in [0.2, 0.25) is 0 Å². The van der Waals surface area contributed by atoms with E-state index in [1.807, 2.05) is 0 Å². The average molecular weight is 130 g/mol. The molecule has 1 fully saturated rings. The Morgan fingerprint density at radius 3 is 3.00 bits per heavy atom. The van der Waals surface area contributed by atoms with E-state index in [1.165, 1.54) is 0 Å². The van der Waals surface area contributed by atoms with Gasteiger partial charge in [0.1, 0.15) is 0 Å². The molecule has 0 radical (unpaired) electrons. The van der Waals surface area contributed by atoms with Crippen molar-refractivity contribution in [2.45, 2.75) is 12.5 Å². The highest BCUT2D eigenvalue weighted by molar-refractivity contribution is 5.71. The van der Waals surface area contributed by atoms with Crippen molar-refractivity contribution >= 4 is 6.03 Å². The Balaban J connectivity index is 2.19. The molecule has 4 nitrogen and oxygen atoms in total. The maximum absolute atomic E-state index is 10.2. The molecule has 4 heteroatoms. The number of amides is 2. The van der Waals surface area contributed by atoms with Gasteiger partial charge in [0.25, 0.3) is 0 Å². The standard InChI is InChI=1S/C5H10N2O2/c6-5(8)7-4-1-2-9-3-4/h4H,1-3H2,(H3,6,7,8)/t4-/m1/s1. The third kappa shape index (κ3) is 1.89. The number of hydrogen-bond acceptors (Lipinski definition) is 2. The third-order valence-corrected chi connectivity index (χ3v) is 1.28. The second kappa shape index (κ2) is 2.68. The van der Waals surface area contributed by atoms with Crippen LogP contribution in [0.25, 0.3) is 0 Å². The number of carbonyl (C=O) groups excluding carboxylic acids is 1. The van der Waals surface area contributed by atoms with Gasteiger partial charge in [-0.1, -0.05) is 0 Å². The maximum atomic E-state index is 10.2. The van der Waals surface area contributed by atoms with E-state index in [2.05, 4.69) is 5.32 Å². The molecule has 52 valence electrons. The predicted octanol–water partition coefficient (Wildman–Crippen LogP) is -0.556. The summed E-state index contributed by atoms with van der Waals surface area (Å²) in [4.78, 5) is 10.2. The molecule has 0 aliphatic carbocycles. The zero-order chi connectivity index (χ0) is 6.69. The summed E-state index contributed by atoms with van der Waals surface area (Å²) < 4.78 is 4.99. The molecule has 0 saturated carbocycles. The monoisotopic (exact) mass is 130 g/mol. The summed E-state index contributed by atoms with van der Waals surface area (Å²) in [6.07, 6.45) is 0.878. The first-order valence-electron chi connectivity index (χ1n) is 2.93. The molecule has 1 rings (SSSR count). The van der Waals surface area contributed by atoms with Gasteiger partial charge >= 0.3 is 6.03 Å². The van der Waals surface area contributed by atoms with Crippen LogP contribution in [-0.4, -0.2) is 25.3 Å². The maximum Gasteiger partial charge on any atom is 0.312 e. The van der Waals surface area contributed by atoms with E-state index >= 15 is 0 Å². The third-order valence-electron chi connectivity index (χ3n) is 1.28. The Labute approximate surface area is 53.4 Å². The summed E-state index contributed by atoms with van der Waals surface area (Å²) in [5.74, 6) is 0. The van der Waals surface area contributed by atoms with Crippen molar-refractivity contribution in [2.24, 2.45) is 5.73 Å². The zero-order valence-electron chi connectivity index (χ0n) is 5.09. The predicted molar refractivity (Wildman–Crippen MR) is 31.9 cm³/mol. The minimum Gasteiger partial charge on any atom is -0.379 e. The van der Waals surface area contributed by atoms with Gasteiger partial charge in [-0.15, -0.1) is 0 Å². The van der Waals surface area contributed by atoms with Crippen LogP contribution in [-0.2, 0) is 4.74 Å². The van der Waals surface area contributed by atoms with Crippen LogP contribution in [0.5, 0.6) is 0 Å². The van der Waals surface area contributed by atoms with Crippen LogP contribution in [0.3, 0.4) is 0 Å². The van der Waals surface area contributed by atoms with Gasteiger partial charge in [0.15, 0.2) is 0 Å². The van der Waals surface area contributed by atoms with Crippen LogP contribution in [0.1, 0.15) is 6.42 Å². The minimum absolute atomic E-state index is 0.141. The molecule has 0 aromatic rings. The first kappa shape index (κ1) is 6.35. The zero-order valence-corrected chi connectivity index (χ0v) is 5.09. The molecule has 0 aromatic carbocycles. The number of nitrogens with one attached hydrogen (secondary N) is 1. The largest absolute Gasteiger partial charge is 0.379 e. The number of ether oxygens (including phenoxy) is 1. The van der Waals surface area contributed by atoms with Gasteiger partial charge in [-0.3, -0.25) is 0 Å². The number of urea groups is 1. The molecule has 0 bridgehead atoms. The Kier molecular flexibility index (Phi) is 1.89. The Hall–Kier alpha value is -0.770. The molecule has 2 amide bonds. The number of nitrogens with two attached hydrogens (primary N) is 1. The highest BCUT2D eigenvalue weighted by Gasteiger charge is 2.15. The van der Waals surface area contributed by atoms with Crippen molar-refractivity contribution in [3.05, 3.63) is 0 Å². The normalized spacial score (nSPS) is 26.0. The van der Waals surface area contributed by atoms with E-state index in [-0.39, 0.29) is 6.04 Å². The van der Waals surface area contributed by atoms with Crippen molar-refractivity contribution in [1.82, 2.24) is 5.32 Å². The molecule has 0 aromatic heterocycles. The molecule has 1 aliphatic rings. The Morgan fingerprint density at radius 2 is 2.56 bits per heavy atom. The van der Waals surface area contributed by atoms with Crippen molar-refractivity contribution in [3.63, 3.8) is 0 Å². The second-order valence-corrected chi connectivity index (χ2v) is 2.07. The minimum atomic E-state index is -0.467. The van der Waals surface area contributed by atoms with Gasteiger partial charge in [-0.2, -0.15) is 0 Å². The first-order valence-corrected chi connectivity index (χ1v) is 2.93. The smallest absolute Gasteiger partial charge is 0.312 e. The second-order valence-electron chi connectivity index (χ2n) is 2.07. The molecule has 3 N–H and O–H groups in total. The van der Waals surface area contributed by atoms with E-state index < -0.39 is 6.03 Å². The lowest BCUT2D eigenvalue weighted by atomic mass is 10.3. The van der Waals surface area contributed by atoms with Crippen LogP contribution in [0, 0.1) is 0 Å². The first-order chi connectivity index (χ1) is 4.29. The SMILES string of the molecule is NC(=O)N[C@@H]1CCOC1. The van der Waals surface area contributed by atoms with Crippen LogP contribution < -0.4 is 11.1 Å². The van der Waals surface area contributed by atoms with E-state index in [0.717, 1.165) is 13.0 Å². The van der Waals surface area contributed by atoms with Crippen LogP contribution in [0.15, 0.2) is 0 Å². The van der Waals surface area contributed by atoms with E-state index in [0.29, 0.717) is 6.61 Å². The quantitative estimate of drug-likeness (QED) is 0.500. The Bertz CT molecular complexity index is 110. The summed E-state index contributed by atoms with van der Waals surface area (Å²) in [6.45, 7) is 1.33. The van der Waals surface area contributed by atoms with Crippen molar-refractivity contribution < 1.29 is 9.53 Å². The number of carbonyl (C=O) groups is 1. The summed E-state index contributed by atoms with van der Waals surface area (Å²) >= 11 is 0. The summed E-state index contributed by atoms with van der Waals surface area (Å²) in [7, 11) is 0. The molecule has 1 aliphatic heterocycles. The van der Waals surface area contributed by atoms with Crippen molar-refractivity contribution in [3.8, 4) is 0 Å². The van der Waals surface area contributed by atoms with Crippen LogP contribution in [0.2, 0.25) is 0 Å². The van der Waals surface area contributed by atoms with E-state index in [9.17, 15) is 4.79 Å². The summed E-state index contributed by atoms with van der Waals surface area (Å²) in [5.41, 5.74) is 4.87. The van der Waals surface area contributed by atoms with Gasteiger partial charge in [0.05, 0.1) is 12.6 Å². The van der Waals surface area contributed by atoms with Gasteiger partial charge < -0.3 is 15.8 Å². The summed E-state index contributed by atoms with van der Waals surface area (Å²) in [5, 5.41) is 2.56. The van der Waals surface area contributed by atoms with Gasteiger partial charge in [-0.25, -0.2) is 4.79 Å². The molecule has 1 saturated heterocycles. The lowest BCUT2D eigenvalue weighted by Crippen LogP contribution is -2.38. The molecule has 1 heterocycles. The number of primary amides is 1. The van der Waals surface area contributed by atoms with Crippen LogP contribution in [0.4, 0.5) is 4.79 Å². The average Bonchev–Trinajstić information content (AvgIpc) is 2.15. The number of hydrogen-bond donors (Lipinski definition) is 2. The van der Waals surface area contributed by atoms with Crippen LogP contribution >= 0.6 is 0 Å². The lowest BCUT2D eigenvalue weighted by molar-refractivity contribution is 0.189. The highest BCUT2D eigenvalue weighted by Crippen LogP contribution is 2.01. The molecule has 1 atom stereocenters. The molecular formula is C5H10N2O2. The topological polar surface area (TPSA) is 64.4 Å². The van der Waals surface area contributed by atoms with E-state index in [4.69, 9.17) is 10.5 Å². The molecule has 0 unspecified atom stereocenters. The van der Waals surface area contributed by atoms with Crippen molar-refractivity contribution in [2.75, 3.05) is 13.2 Å². The van der Waals surface area contributed by atoms with E-state index in [1.54, 1.807) is 0 Å². The molecule has 0 spiro atoms. The molecule has 9 heavy (non-hydrogen) atoms.